The fourth-order valence-corrected chi connectivity index (χ4v) is 7.37. The van der Waals surface area contributed by atoms with Gasteiger partial charge in [-0.05, 0) is 103 Å². The van der Waals surface area contributed by atoms with Gasteiger partial charge in [0.1, 0.15) is 0 Å². The summed E-state index contributed by atoms with van der Waals surface area (Å²) in [6.07, 6.45) is 17.2. The summed E-state index contributed by atoms with van der Waals surface area (Å²) in [4.78, 5) is 0. The summed E-state index contributed by atoms with van der Waals surface area (Å²) in [6, 6.07) is 0. The van der Waals surface area contributed by atoms with E-state index in [1.165, 1.54) is 38.5 Å². The smallest absolute Gasteiger partial charge is 0.0543 e. The number of hydrogen-bond acceptors (Lipinski definition) is 1. The molecule has 162 valence electrons. The highest BCUT2D eigenvalue weighted by atomic mass is 16.3. The van der Waals surface area contributed by atoms with Crippen LogP contribution >= 0.6 is 0 Å². The van der Waals surface area contributed by atoms with Crippen LogP contribution in [-0.2, 0) is 0 Å². The maximum absolute atomic E-state index is 10.2. The SMILES string of the molecule is CC(C)[C@@H](C)C=C[C@@H](C)[C@H]1CC=C2C3=C(CC[C@@]21C)[C@@]1(C)CC[C@H](O)C[C@@H]1CC3. The number of hydrogen-bond donors (Lipinski definition) is 1. The molecule has 7 atom stereocenters. The molecule has 4 aliphatic carbocycles. The van der Waals surface area contributed by atoms with Gasteiger partial charge in [0, 0.05) is 0 Å². The lowest BCUT2D eigenvalue weighted by Crippen LogP contribution is -2.44. The second kappa shape index (κ2) is 7.70. The van der Waals surface area contributed by atoms with Gasteiger partial charge in [-0.3, -0.25) is 0 Å². The van der Waals surface area contributed by atoms with E-state index >= 15 is 0 Å². The molecule has 0 saturated heterocycles. The van der Waals surface area contributed by atoms with Crippen LogP contribution in [0.1, 0.15) is 92.9 Å². The average molecular weight is 397 g/mol. The van der Waals surface area contributed by atoms with Crippen LogP contribution in [0.25, 0.3) is 0 Å². The summed E-state index contributed by atoms with van der Waals surface area (Å²) < 4.78 is 0. The molecule has 0 aromatic carbocycles. The first-order chi connectivity index (χ1) is 13.7. The van der Waals surface area contributed by atoms with Gasteiger partial charge in [-0.15, -0.1) is 0 Å². The van der Waals surface area contributed by atoms with Crippen LogP contribution in [0.4, 0.5) is 0 Å². The van der Waals surface area contributed by atoms with Crippen molar-refractivity contribution in [3.05, 3.63) is 34.9 Å². The van der Waals surface area contributed by atoms with Gasteiger partial charge in [0.25, 0.3) is 0 Å². The zero-order valence-electron chi connectivity index (χ0n) is 19.8. The van der Waals surface area contributed by atoms with E-state index in [0.717, 1.165) is 24.7 Å². The number of aliphatic hydroxyl groups excluding tert-OH is 1. The zero-order chi connectivity index (χ0) is 21.0. The summed E-state index contributed by atoms with van der Waals surface area (Å²) >= 11 is 0. The van der Waals surface area contributed by atoms with E-state index < -0.39 is 0 Å². The third kappa shape index (κ3) is 3.50. The van der Waals surface area contributed by atoms with Crippen molar-refractivity contribution < 1.29 is 5.11 Å². The van der Waals surface area contributed by atoms with Crippen molar-refractivity contribution in [1.82, 2.24) is 0 Å². The quantitative estimate of drug-likeness (QED) is 0.488. The Hall–Kier alpha value is -0.820. The minimum atomic E-state index is -0.0555. The Morgan fingerprint density at radius 3 is 2.48 bits per heavy atom. The van der Waals surface area contributed by atoms with E-state index in [4.69, 9.17) is 0 Å². The van der Waals surface area contributed by atoms with Gasteiger partial charge < -0.3 is 5.11 Å². The Kier molecular flexibility index (Phi) is 5.69. The van der Waals surface area contributed by atoms with Gasteiger partial charge in [0.15, 0.2) is 0 Å². The predicted molar refractivity (Wildman–Crippen MR) is 124 cm³/mol. The molecule has 1 nitrogen and oxygen atoms in total. The molecular weight excluding hydrogens is 352 g/mol. The Morgan fingerprint density at radius 1 is 1.00 bits per heavy atom. The normalized spacial score (nSPS) is 41.8. The Labute approximate surface area is 179 Å². The van der Waals surface area contributed by atoms with E-state index in [2.05, 4.69) is 59.8 Å². The second-order valence-corrected chi connectivity index (χ2v) is 11.8. The van der Waals surface area contributed by atoms with Crippen molar-refractivity contribution in [2.24, 2.45) is 40.4 Å². The second-order valence-electron chi connectivity index (χ2n) is 11.8. The molecule has 0 aliphatic heterocycles. The molecule has 0 spiro atoms. The fourth-order valence-electron chi connectivity index (χ4n) is 7.37. The van der Waals surface area contributed by atoms with Crippen molar-refractivity contribution >= 4 is 0 Å². The largest absolute Gasteiger partial charge is 0.393 e. The number of rotatable bonds is 4. The molecule has 0 unspecified atom stereocenters. The van der Waals surface area contributed by atoms with Gasteiger partial charge in [0.05, 0.1) is 6.10 Å². The topological polar surface area (TPSA) is 20.2 Å². The summed E-state index contributed by atoms with van der Waals surface area (Å²) in [5, 5.41) is 10.2. The van der Waals surface area contributed by atoms with E-state index in [1.54, 1.807) is 16.7 Å². The summed E-state index contributed by atoms with van der Waals surface area (Å²) in [5.41, 5.74) is 5.99. The highest BCUT2D eigenvalue weighted by molar-refractivity contribution is 5.49. The lowest BCUT2D eigenvalue weighted by atomic mass is 9.51. The molecule has 0 aromatic heterocycles. The third-order valence-corrected chi connectivity index (χ3v) is 9.88. The number of fused-ring (bicyclic) bond motifs is 4. The molecule has 0 amide bonds. The summed E-state index contributed by atoms with van der Waals surface area (Å²) in [7, 11) is 0. The van der Waals surface area contributed by atoms with E-state index in [9.17, 15) is 5.11 Å². The monoisotopic (exact) mass is 396 g/mol. The van der Waals surface area contributed by atoms with Crippen LogP contribution in [0.3, 0.4) is 0 Å². The molecule has 1 fully saturated rings. The van der Waals surface area contributed by atoms with Crippen LogP contribution < -0.4 is 0 Å². The minimum absolute atomic E-state index is 0.0555. The molecule has 29 heavy (non-hydrogen) atoms. The van der Waals surface area contributed by atoms with E-state index in [0.29, 0.717) is 28.6 Å². The first kappa shape index (κ1) is 21.4. The van der Waals surface area contributed by atoms with E-state index in [-0.39, 0.29) is 6.10 Å². The maximum atomic E-state index is 10.2. The van der Waals surface area contributed by atoms with E-state index in [1.807, 2.05) is 0 Å². The number of allylic oxidation sites excluding steroid dienone is 6. The Balaban J connectivity index is 1.58. The Morgan fingerprint density at radius 2 is 1.76 bits per heavy atom. The van der Waals surface area contributed by atoms with Gasteiger partial charge in [-0.1, -0.05) is 65.3 Å². The lowest BCUT2D eigenvalue weighted by Gasteiger charge is -2.53. The van der Waals surface area contributed by atoms with Gasteiger partial charge in [-0.2, -0.15) is 0 Å². The van der Waals surface area contributed by atoms with Crippen molar-refractivity contribution in [1.29, 1.82) is 0 Å². The molecule has 0 aromatic rings. The zero-order valence-corrected chi connectivity index (χ0v) is 19.8. The highest BCUT2D eigenvalue weighted by Crippen LogP contribution is 2.64. The first-order valence-corrected chi connectivity index (χ1v) is 12.5. The molecule has 1 saturated carbocycles. The lowest BCUT2D eigenvalue weighted by molar-refractivity contribution is 0.0229. The van der Waals surface area contributed by atoms with Crippen LogP contribution in [-0.4, -0.2) is 11.2 Å². The minimum Gasteiger partial charge on any atom is -0.393 e. The standard InChI is InChI=1S/C28H44O/c1-18(2)19(3)7-8-20(4)24-11-12-25-23-10-9-21-17-22(29)13-15-27(21,5)26(23)14-16-28(24,25)6/h7-8,12,18-22,24,29H,9-11,13-17H2,1-6H3/t19-,20+,21-,22-,24+,27-,28+/m0/s1. The fraction of sp³-hybridized carbons (Fsp3) is 0.786. The maximum Gasteiger partial charge on any atom is 0.0543 e. The predicted octanol–water partition coefficient (Wildman–Crippen LogP) is 7.47. The van der Waals surface area contributed by atoms with Crippen LogP contribution in [0.15, 0.2) is 34.9 Å². The summed E-state index contributed by atoms with van der Waals surface area (Å²) in [5.74, 6) is 3.48. The van der Waals surface area contributed by atoms with Crippen LogP contribution in [0.5, 0.6) is 0 Å². The molecule has 0 heterocycles. The molecule has 0 bridgehead atoms. The molecule has 1 N–H and O–H groups in total. The third-order valence-electron chi connectivity index (χ3n) is 9.88. The molecule has 4 aliphatic rings. The van der Waals surface area contributed by atoms with Gasteiger partial charge in [0.2, 0.25) is 0 Å². The molecule has 0 radical (unpaired) electrons. The van der Waals surface area contributed by atoms with Crippen molar-refractivity contribution in [2.45, 2.75) is 99.0 Å². The molecule has 4 rings (SSSR count). The number of aliphatic hydroxyl groups is 1. The van der Waals surface area contributed by atoms with Crippen molar-refractivity contribution in [3.63, 3.8) is 0 Å². The van der Waals surface area contributed by atoms with Crippen molar-refractivity contribution in [3.8, 4) is 0 Å². The summed E-state index contributed by atoms with van der Waals surface area (Å²) in [6.45, 7) is 14.6. The molecule has 1 heteroatoms. The molecular formula is C28H44O. The Bertz CT molecular complexity index is 725. The van der Waals surface area contributed by atoms with Crippen molar-refractivity contribution in [2.75, 3.05) is 0 Å². The average Bonchev–Trinajstić information content (AvgIpc) is 3.03. The van der Waals surface area contributed by atoms with Crippen LogP contribution in [0, 0.1) is 40.4 Å². The first-order valence-electron chi connectivity index (χ1n) is 12.5. The van der Waals surface area contributed by atoms with Gasteiger partial charge in [-0.25, -0.2) is 0 Å². The van der Waals surface area contributed by atoms with Gasteiger partial charge >= 0.3 is 0 Å². The highest BCUT2D eigenvalue weighted by Gasteiger charge is 2.52. The van der Waals surface area contributed by atoms with Crippen LogP contribution in [0.2, 0.25) is 0 Å².